The zero-order valence-electron chi connectivity index (χ0n) is 17.4. The number of carbonyl (C=O) groups is 1. The molecule has 9 nitrogen and oxygen atoms in total. The largest absolute Gasteiger partial charge is 0.490 e. The highest BCUT2D eigenvalue weighted by Crippen LogP contribution is 2.51. The molecule has 2 heterocycles. The van der Waals surface area contributed by atoms with Gasteiger partial charge in [0.1, 0.15) is 24.4 Å². The summed E-state index contributed by atoms with van der Waals surface area (Å²) < 4.78 is 28.5. The van der Waals surface area contributed by atoms with Gasteiger partial charge < -0.3 is 39.0 Å². The molecule has 0 aliphatic carbocycles. The van der Waals surface area contributed by atoms with Gasteiger partial charge in [-0.3, -0.25) is 0 Å². The highest BCUT2D eigenvalue weighted by molar-refractivity contribution is 5.95. The lowest BCUT2D eigenvalue weighted by atomic mass is 9.86. The first kappa shape index (κ1) is 23.1. The number of fused-ring (bicyclic) bond motifs is 3. The molecule has 1 fully saturated rings. The van der Waals surface area contributed by atoms with Gasteiger partial charge in [0.2, 0.25) is 5.75 Å². The van der Waals surface area contributed by atoms with Gasteiger partial charge in [0, 0.05) is 5.56 Å². The number of carbonyl (C=O) groups excluding carboxylic acids is 1. The number of methoxy groups -OCH3 is 1. The van der Waals surface area contributed by atoms with Crippen LogP contribution in [-0.2, 0) is 9.47 Å². The average molecular weight is 436 g/mol. The van der Waals surface area contributed by atoms with E-state index in [4.69, 9.17) is 23.7 Å². The third-order valence-corrected chi connectivity index (χ3v) is 5.21. The van der Waals surface area contributed by atoms with Gasteiger partial charge in [-0.1, -0.05) is 12.2 Å². The molecule has 0 aromatic heterocycles. The van der Waals surface area contributed by atoms with Gasteiger partial charge >= 0.3 is 5.97 Å². The van der Waals surface area contributed by atoms with Gasteiger partial charge in [0.05, 0.1) is 32.5 Å². The lowest BCUT2D eigenvalue weighted by Gasteiger charge is -2.44. The molecule has 0 saturated carbocycles. The Morgan fingerprint density at radius 1 is 1.10 bits per heavy atom. The molecule has 3 N–H and O–H groups in total. The van der Waals surface area contributed by atoms with Crippen LogP contribution in [0.2, 0.25) is 0 Å². The fourth-order valence-corrected chi connectivity index (χ4v) is 3.66. The van der Waals surface area contributed by atoms with Crippen LogP contribution in [0.4, 0.5) is 0 Å². The van der Waals surface area contributed by atoms with Crippen molar-refractivity contribution >= 4 is 5.97 Å². The Labute approximate surface area is 180 Å². The number of hydrogen-bond acceptors (Lipinski definition) is 9. The van der Waals surface area contributed by atoms with Crippen LogP contribution in [0.1, 0.15) is 34.9 Å². The Morgan fingerprint density at radius 3 is 2.39 bits per heavy atom. The lowest BCUT2D eigenvalue weighted by molar-refractivity contribution is -0.235. The van der Waals surface area contributed by atoms with E-state index in [1.54, 1.807) is 12.2 Å². The van der Waals surface area contributed by atoms with Crippen LogP contribution in [-0.4, -0.2) is 72.6 Å². The van der Waals surface area contributed by atoms with E-state index in [1.807, 2.05) is 0 Å². The molecule has 0 radical (unpaired) electrons. The minimum Gasteiger partial charge on any atom is -0.490 e. The van der Waals surface area contributed by atoms with Crippen molar-refractivity contribution < 1.29 is 43.8 Å². The molecule has 0 unspecified atom stereocenters. The SMILES string of the molecule is C=CCCOc1cc2c(c(OCCC=C)c1OC)[C@@H]1O[C@H](CO)[C@@H](O)[C@H](O)[C@H]1OC2=O. The van der Waals surface area contributed by atoms with E-state index >= 15 is 0 Å². The molecule has 1 aromatic rings. The summed E-state index contributed by atoms with van der Waals surface area (Å²) in [7, 11) is 1.44. The summed E-state index contributed by atoms with van der Waals surface area (Å²) in [6.45, 7) is 7.35. The smallest absolute Gasteiger partial charge is 0.339 e. The van der Waals surface area contributed by atoms with Crippen LogP contribution in [0.15, 0.2) is 31.4 Å². The molecular formula is C22H28O9. The third-order valence-electron chi connectivity index (χ3n) is 5.21. The van der Waals surface area contributed by atoms with E-state index in [0.29, 0.717) is 25.0 Å². The van der Waals surface area contributed by atoms with Gasteiger partial charge in [-0.2, -0.15) is 0 Å². The molecule has 1 aromatic carbocycles. The number of aliphatic hydroxyl groups is 3. The van der Waals surface area contributed by atoms with Crippen molar-refractivity contribution in [3.8, 4) is 17.2 Å². The summed E-state index contributed by atoms with van der Waals surface area (Å²) in [6, 6.07) is 1.48. The highest BCUT2D eigenvalue weighted by atomic mass is 16.6. The average Bonchev–Trinajstić information content (AvgIpc) is 2.77. The maximum atomic E-state index is 12.8. The van der Waals surface area contributed by atoms with Gasteiger partial charge in [-0.25, -0.2) is 4.79 Å². The van der Waals surface area contributed by atoms with Crippen LogP contribution in [0.25, 0.3) is 0 Å². The molecular weight excluding hydrogens is 408 g/mol. The van der Waals surface area contributed by atoms with Gasteiger partial charge in [0.15, 0.2) is 17.6 Å². The molecule has 2 aliphatic heterocycles. The summed E-state index contributed by atoms with van der Waals surface area (Å²) >= 11 is 0. The Morgan fingerprint density at radius 2 is 1.77 bits per heavy atom. The first-order chi connectivity index (χ1) is 15.0. The number of hydrogen-bond donors (Lipinski definition) is 3. The molecule has 0 amide bonds. The van der Waals surface area contributed by atoms with Crippen LogP contribution < -0.4 is 14.2 Å². The molecule has 9 heteroatoms. The van der Waals surface area contributed by atoms with E-state index in [2.05, 4.69) is 13.2 Å². The van der Waals surface area contributed by atoms with Crippen LogP contribution in [0.3, 0.4) is 0 Å². The van der Waals surface area contributed by atoms with E-state index < -0.39 is 43.1 Å². The summed E-state index contributed by atoms with van der Waals surface area (Å²) in [5, 5.41) is 30.3. The number of ether oxygens (including phenoxy) is 5. The number of benzene rings is 1. The van der Waals surface area contributed by atoms with E-state index in [0.717, 1.165) is 0 Å². The Hall–Kier alpha value is -2.59. The minimum atomic E-state index is -1.46. The Kier molecular flexibility index (Phi) is 7.55. The van der Waals surface area contributed by atoms with Crippen molar-refractivity contribution in [1.29, 1.82) is 0 Å². The standard InChI is InChI=1S/C22H28O9/c1-4-6-8-28-13-10-12-15(19(18(13)27-3)29-9-7-5-2)20-21(31-22(12)26)17(25)16(24)14(11-23)30-20/h4-5,10,14,16-17,20-21,23-25H,1-2,6-9,11H2,3H3/t14-,16-,17+,20+,21-/m1/s1. The monoisotopic (exact) mass is 436 g/mol. The lowest BCUT2D eigenvalue weighted by Crippen LogP contribution is -2.58. The first-order valence-corrected chi connectivity index (χ1v) is 10.0. The van der Waals surface area contributed by atoms with Crippen molar-refractivity contribution in [2.24, 2.45) is 0 Å². The minimum absolute atomic E-state index is 0.129. The Bertz CT molecular complexity index is 822. The summed E-state index contributed by atoms with van der Waals surface area (Å²) in [5.41, 5.74) is 0.437. The van der Waals surface area contributed by atoms with Crippen LogP contribution in [0.5, 0.6) is 17.2 Å². The molecule has 3 rings (SSSR count). The number of esters is 1. The van der Waals surface area contributed by atoms with Gasteiger partial charge in [-0.05, 0) is 18.9 Å². The normalized spacial score (nSPS) is 26.8. The third kappa shape index (κ3) is 4.40. The molecule has 0 bridgehead atoms. The second-order valence-electron chi connectivity index (χ2n) is 7.18. The van der Waals surface area contributed by atoms with Crippen molar-refractivity contribution in [1.82, 2.24) is 0 Å². The van der Waals surface area contributed by atoms with Crippen molar-refractivity contribution in [2.75, 3.05) is 26.9 Å². The number of aliphatic hydroxyl groups excluding tert-OH is 3. The van der Waals surface area contributed by atoms with Crippen molar-refractivity contribution in [2.45, 2.75) is 43.4 Å². The maximum absolute atomic E-state index is 12.8. The molecule has 31 heavy (non-hydrogen) atoms. The second kappa shape index (κ2) is 10.1. The molecule has 1 saturated heterocycles. The maximum Gasteiger partial charge on any atom is 0.339 e. The highest BCUT2D eigenvalue weighted by Gasteiger charge is 2.52. The van der Waals surface area contributed by atoms with E-state index in [9.17, 15) is 20.1 Å². The second-order valence-corrected chi connectivity index (χ2v) is 7.18. The first-order valence-electron chi connectivity index (χ1n) is 10.0. The molecule has 170 valence electrons. The summed E-state index contributed by atoms with van der Waals surface area (Å²) in [4.78, 5) is 12.8. The quantitative estimate of drug-likeness (QED) is 0.283. The van der Waals surface area contributed by atoms with E-state index in [-0.39, 0.29) is 29.4 Å². The molecule has 0 spiro atoms. The zero-order chi connectivity index (χ0) is 22.5. The van der Waals surface area contributed by atoms with Crippen molar-refractivity contribution in [3.05, 3.63) is 42.5 Å². The predicted molar refractivity (Wildman–Crippen MR) is 110 cm³/mol. The van der Waals surface area contributed by atoms with Gasteiger partial charge in [-0.15, -0.1) is 13.2 Å². The summed E-state index contributed by atoms with van der Waals surface area (Å²) in [5.74, 6) is 0.0213. The summed E-state index contributed by atoms with van der Waals surface area (Å²) in [6.07, 6.45) is -1.64. The topological polar surface area (TPSA) is 124 Å². The fraction of sp³-hybridized carbons (Fsp3) is 0.500. The molecule has 5 atom stereocenters. The molecule has 2 aliphatic rings. The Balaban J connectivity index is 2.13. The number of rotatable bonds is 10. The van der Waals surface area contributed by atoms with Crippen molar-refractivity contribution in [3.63, 3.8) is 0 Å². The fourth-order valence-electron chi connectivity index (χ4n) is 3.66. The predicted octanol–water partition coefficient (Wildman–Crippen LogP) is 1.30. The van der Waals surface area contributed by atoms with Crippen LogP contribution in [0, 0.1) is 0 Å². The van der Waals surface area contributed by atoms with E-state index in [1.165, 1.54) is 13.2 Å². The van der Waals surface area contributed by atoms with Gasteiger partial charge in [0.25, 0.3) is 0 Å². The zero-order valence-corrected chi connectivity index (χ0v) is 17.4. The van der Waals surface area contributed by atoms with Crippen LogP contribution >= 0.6 is 0 Å².